The summed E-state index contributed by atoms with van der Waals surface area (Å²) in [6, 6.07) is 8.20. The normalized spacial score (nSPS) is 10.7. The third kappa shape index (κ3) is 4.04. The van der Waals surface area contributed by atoms with Gasteiger partial charge in [0.2, 0.25) is 0 Å². The molecule has 4 heteroatoms. The van der Waals surface area contributed by atoms with Gasteiger partial charge in [0.05, 0.1) is 5.69 Å². The van der Waals surface area contributed by atoms with Crippen LogP contribution in [0, 0.1) is 13.8 Å². The molecular weight excluding hydrogens is 256 g/mol. The Morgan fingerprint density at radius 2 is 2.16 bits per heavy atom. The Balaban J connectivity index is 1.95. The summed E-state index contributed by atoms with van der Waals surface area (Å²) >= 11 is 1.70. The fourth-order valence-electron chi connectivity index (χ4n) is 1.76. The molecule has 0 saturated carbocycles. The van der Waals surface area contributed by atoms with Crippen molar-refractivity contribution < 1.29 is 4.74 Å². The van der Waals surface area contributed by atoms with E-state index in [0.717, 1.165) is 29.5 Å². The van der Waals surface area contributed by atoms with E-state index >= 15 is 0 Å². The van der Waals surface area contributed by atoms with Gasteiger partial charge in [-0.1, -0.05) is 19.1 Å². The maximum Gasteiger partial charge on any atom is 0.140 e. The number of aryl methyl sites for hydroxylation is 2. The van der Waals surface area contributed by atoms with E-state index in [1.165, 1.54) is 10.4 Å². The molecule has 0 radical (unpaired) electrons. The van der Waals surface area contributed by atoms with Gasteiger partial charge < -0.3 is 10.1 Å². The second-order valence-corrected chi connectivity index (χ2v) is 5.75. The van der Waals surface area contributed by atoms with Gasteiger partial charge >= 0.3 is 0 Å². The number of ether oxygens (including phenoxy) is 1. The second-order valence-electron chi connectivity index (χ2n) is 4.47. The predicted octanol–water partition coefficient (Wildman–Crippen LogP) is 3.45. The zero-order valence-corrected chi connectivity index (χ0v) is 12.5. The Hall–Kier alpha value is -1.39. The number of thiazole rings is 1. The van der Waals surface area contributed by atoms with Gasteiger partial charge in [-0.3, -0.25) is 0 Å². The summed E-state index contributed by atoms with van der Waals surface area (Å²) in [7, 11) is 0. The Morgan fingerprint density at radius 1 is 1.32 bits per heavy atom. The number of rotatable bonds is 6. The monoisotopic (exact) mass is 276 g/mol. The Morgan fingerprint density at radius 3 is 2.84 bits per heavy atom. The molecular formula is C15H20N2OS. The van der Waals surface area contributed by atoms with Crippen LogP contribution in [0.1, 0.15) is 28.1 Å². The lowest BCUT2D eigenvalue weighted by Gasteiger charge is -2.07. The molecule has 1 heterocycles. The number of nitrogens with one attached hydrogen (secondary N) is 1. The van der Waals surface area contributed by atoms with Gasteiger partial charge in [-0.25, -0.2) is 4.98 Å². The molecule has 19 heavy (non-hydrogen) atoms. The molecule has 0 unspecified atom stereocenters. The van der Waals surface area contributed by atoms with Crippen molar-refractivity contribution >= 4 is 11.3 Å². The molecule has 0 spiro atoms. The van der Waals surface area contributed by atoms with Gasteiger partial charge in [0.1, 0.15) is 17.4 Å². The first-order valence-corrected chi connectivity index (χ1v) is 7.36. The molecule has 0 atom stereocenters. The number of hydrogen-bond acceptors (Lipinski definition) is 4. The number of benzene rings is 1. The van der Waals surface area contributed by atoms with Crippen LogP contribution in [0.25, 0.3) is 0 Å². The topological polar surface area (TPSA) is 34.1 Å². The summed E-state index contributed by atoms with van der Waals surface area (Å²) in [5, 5.41) is 4.34. The minimum atomic E-state index is 0.546. The van der Waals surface area contributed by atoms with Crippen LogP contribution in [0.3, 0.4) is 0 Å². The summed E-state index contributed by atoms with van der Waals surface area (Å²) in [5.41, 5.74) is 2.34. The van der Waals surface area contributed by atoms with Crippen molar-refractivity contribution in [1.82, 2.24) is 10.3 Å². The average molecular weight is 276 g/mol. The van der Waals surface area contributed by atoms with Gasteiger partial charge in [0, 0.05) is 11.4 Å². The summed E-state index contributed by atoms with van der Waals surface area (Å²) in [5.74, 6) is 0.904. The van der Waals surface area contributed by atoms with Gasteiger partial charge in [-0.05, 0) is 38.1 Å². The number of nitrogens with zero attached hydrogens (tertiary/aromatic N) is 1. The number of hydrogen-bond donors (Lipinski definition) is 1. The molecule has 2 aromatic rings. The van der Waals surface area contributed by atoms with Crippen molar-refractivity contribution in [3.05, 3.63) is 45.4 Å². The summed E-state index contributed by atoms with van der Waals surface area (Å²) in [6.45, 7) is 8.63. The lowest BCUT2D eigenvalue weighted by atomic mass is 10.2. The van der Waals surface area contributed by atoms with Crippen LogP contribution in [0.2, 0.25) is 0 Å². The molecule has 2 rings (SSSR count). The van der Waals surface area contributed by atoms with E-state index in [1.54, 1.807) is 11.3 Å². The van der Waals surface area contributed by atoms with Crippen LogP contribution < -0.4 is 10.1 Å². The Bertz CT molecular complexity index is 517. The average Bonchev–Trinajstić information content (AvgIpc) is 2.74. The molecule has 1 aromatic heterocycles. The highest BCUT2D eigenvalue weighted by Crippen LogP contribution is 2.19. The smallest absolute Gasteiger partial charge is 0.140 e. The van der Waals surface area contributed by atoms with Crippen molar-refractivity contribution in [2.45, 2.75) is 33.9 Å². The minimum absolute atomic E-state index is 0.546. The summed E-state index contributed by atoms with van der Waals surface area (Å²) in [6.07, 6.45) is 0. The van der Waals surface area contributed by atoms with E-state index in [9.17, 15) is 0 Å². The lowest BCUT2D eigenvalue weighted by Crippen LogP contribution is -2.11. The van der Waals surface area contributed by atoms with Gasteiger partial charge in [-0.15, -0.1) is 11.3 Å². The highest BCUT2D eigenvalue weighted by molar-refractivity contribution is 7.11. The highest BCUT2D eigenvalue weighted by Gasteiger charge is 2.04. The fourth-order valence-corrected chi connectivity index (χ4v) is 2.61. The molecule has 0 bridgehead atoms. The molecule has 0 aliphatic heterocycles. The SMILES string of the molecule is CCNCc1cccc(OCc2nc(C)c(C)s2)c1. The molecule has 1 N–H and O–H groups in total. The summed E-state index contributed by atoms with van der Waals surface area (Å²) in [4.78, 5) is 5.74. The fraction of sp³-hybridized carbons (Fsp3) is 0.400. The lowest BCUT2D eigenvalue weighted by molar-refractivity contribution is 0.305. The summed E-state index contributed by atoms with van der Waals surface area (Å²) < 4.78 is 5.80. The van der Waals surface area contributed by atoms with Gasteiger partial charge in [0.25, 0.3) is 0 Å². The maximum absolute atomic E-state index is 5.80. The van der Waals surface area contributed by atoms with Gasteiger partial charge in [0.15, 0.2) is 0 Å². The third-order valence-corrected chi connectivity index (χ3v) is 3.96. The van der Waals surface area contributed by atoms with Crippen LogP contribution in [0.15, 0.2) is 24.3 Å². The van der Waals surface area contributed by atoms with E-state index in [1.807, 2.05) is 19.1 Å². The van der Waals surface area contributed by atoms with Crippen LogP contribution in [0.5, 0.6) is 5.75 Å². The molecule has 0 amide bonds. The van der Waals surface area contributed by atoms with Crippen molar-refractivity contribution in [3.8, 4) is 5.75 Å². The van der Waals surface area contributed by atoms with Crippen molar-refractivity contribution in [2.75, 3.05) is 6.54 Å². The molecule has 0 fully saturated rings. The molecule has 1 aromatic carbocycles. The van der Waals surface area contributed by atoms with Crippen molar-refractivity contribution in [1.29, 1.82) is 0 Å². The third-order valence-electron chi connectivity index (χ3n) is 2.91. The Kier molecular flexibility index (Phi) is 4.93. The largest absolute Gasteiger partial charge is 0.486 e. The first-order valence-electron chi connectivity index (χ1n) is 6.54. The molecule has 3 nitrogen and oxygen atoms in total. The molecule has 0 aliphatic rings. The maximum atomic E-state index is 5.80. The second kappa shape index (κ2) is 6.68. The van der Waals surface area contributed by atoms with Crippen LogP contribution in [0.4, 0.5) is 0 Å². The zero-order chi connectivity index (χ0) is 13.7. The van der Waals surface area contributed by atoms with Crippen LogP contribution >= 0.6 is 11.3 Å². The van der Waals surface area contributed by atoms with Crippen molar-refractivity contribution in [2.24, 2.45) is 0 Å². The number of aromatic nitrogens is 1. The van der Waals surface area contributed by atoms with E-state index in [-0.39, 0.29) is 0 Å². The first kappa shape index (κ1) is 14.0. The Labute approximate surface area is 118 Å². The van der Waals surface area contributed by atoms with Crippen LogP contribution in [-0.2, 0) is 13.2 Å². The van der Waals surface area contributed by atoms with Crippen molar-refractivity contribution in [3.63, 3.8) is 0 Å². The van der Waals surface area contributed by atoms with Gasteiger partial charge in [-0.2, -0.15) is 0 Å². The van der Waals surface area contributed by atoms with E-state index in [2.05, 4.69) is 36.3 Å². The van der Waals surface area contributed by atoms with Crippen LogP contribution in [-0.4, -0.2) is 11.5 Å². The minimum Gasteiger partial charge on any atom is -0.486 e. The molecule has 0 saturated heterocycles. The molecule has 0 aliphatic carbocycles. The first-order chi connectivity index (χ1) is 9.19. The highest BCUT2D eigenvalue weighted by atomic mass is 32.1. The standard InChI is InChI=1S/C15H20N2OS/c1-4-16-9-13-6-5-7-14(8-13)18-10-15-17-11(2)12(3)19-15/h5-8,16H,4,9-10H2,1-3H3. The van der Waals surface area contributed by atoms with E-state index < -0.39 is 0 Å². The van der Waals surface area contributed by atoms with E-state index in [4.69, 9.17) is 4.74 Å². The van der Waals surface area contributed by atoms with E-state index in [0.29, 0.717) is 6.61 Å². The molecule has 102 valence electrons. The zero-order valence-electron chi connectivity index (χ0n) is 11.7. The predicted molar refractivity (Wildman–Crippen MR) is 79.7 cm³/mol. The quantitative estimate of drug-likeness (QED) is 0.877.